The molecule has 0 saturated heterocycles. The van der Waals surface area contributed by atoms with E-state index in [1.54, 1.807) is 0 Å². The third kappa shape index (κ3) is 4.35. The average Bonchev–Trinajstić information content (AvgIpc) is 2.59. The molecule has 0 aliphatic rings. The highest BCUT2D eigenvalue weighted by Gasteiger charge is 2.17. The van der Waals surface area contributed by atoms with Crippen LogP contribution in [0.5, 0.6) is 0 Å². The minimum atomic E-state index is 0.423. The Bertz CT molecular complexity index is 728. The molecule has 126 valence electrons. The van der Waals surface area contributed by atoms with Gasteiger partial charge in [0.1, 0.15) is 0 Å². The monoisotopic (exact) mass is 320 g/mol. The van der Waals surface area contributed by atoms with Crippen molar-refractivity contribution in [3.8, 4) is 0 Å². The first-order valence-electron chi connectivity index (χ1n) is 8.62. The van der Waals surface area contributed by atoms with Crippen molar-refractivity contribution in [2.24, 2.45) is 4.99 Å². The van der Waals surface area contributed by atoms with Crippen LogP contribution < -0.4 is 5.73 Å². The molecule has 0 aliphatic heterocycles. The Labute approximate surface area is 146 Å². The van der Waals surface area contributed by atoms with E-state index in [0.29, 0.717) is 11.8 Å². The Kier molecular flexibility index (Phi) is 6.36. The van der Waals surface area contributed by atoms with E-state index in [1.807, 2.05) is 31.5 Å². The van der Waals surface area contributed by atoms with E-state index < -0.39 is 0 Å². The minimum absolute atomic E-state index is 0.423. The zero-order chi connectivity index (χ0) is 17.5. The third-order valence-corrected chi connectivity index (χ3v) is 4.57. The number of hydrogen-bond donors (Lipinski definition) is 1. The summed E-state index contributed by atoms with van der Waals surface area (Å²) in [7, 11) is 0. The van der Waals surface area contributed by atoms with Gasteiger partial charge in [0, 0.05) is 18.1 Å². The molecule has 2 unspecified atom stereocenters. The van der Waals surface area contributed by atoms with Gasteiger partial charge in [-0.1, -0.05) is 56.3 Å². The van der Waals surface area contributed by atoms with Gasteiger partial charge in [-0.2, -0.15) is 0 Å². The highest BCUT2D eigenvalue weighted by Crippen LogP contribution is 2.34. The quantitative estimate of drug-likeness (QED) is 0.513. The van der Waals surface area contributed by atoms with E-state index in [-0.39, 0.29) is 0 Å². The van der Waals surface area contributed by atoms with Crippen molar-refractivity contribution in [2.45, 2.75) is 46.0 Å². The van der Waals surface area contributed by atoms with Gasteiger partial charge in [-0.3, -0.25) is 4.99 Å². The number of allylic oxidation sites excluding steroid dienone is 1. The molecule has 0 radical (unpaired) electrons. The molecule has 2 aromatic carbocycles. The Morgan fingerprint density at radius 1 is 1.00 bits per heavy atom. The van der Waals surface area contributed by atoms with Gasteiger partial charge < -0.3 is 5.73 Å². The summed E-state index contributed by atoms with van der Waals surface area (Å²) in [6, 6.07) is 16.8. The molecule has 0 spiro atoms. The van der Waals surface area contributed by atoms with Crippen molar-refractivity contribution >= 4 is 17.5 Å². The lowest BCUT2D eigenvalue weighted by Gasteiger charge is -2.22. The standard InChI is InChI=1S/C22H28N2/c1-5-24-15-18(4)20-11-7-6-10-19(20)16(2)14-17(3)21-12-8-9-13-22(21)23/h5-13,15-17H,14,23H2,1-4H3/b18-15+,24-5-. The predicted molar refractivity (Wildman–Crippen MR) is 107 cm³/mol. The second-order valence-electron chi connectivity index (χ2n) is 6.47. The summed E-state index contributed by atoms with van der Waals surface area (Å²) in [5.74, 6) is 0.872. The van der Waals surface area contributed by atoms with Crippen LogP contribution in [0.1, 0.15) is 62.6 Å². The predicted octanol–water partition coefficient (Wildman–Crippen LogP) is 6.02. The molecule has 2 atom stereocenters. The van der Waals surface area contributed by atoms with Crippen molar-refractivity contribution in [2.75, 3.05) is 5.73 Å². The second kappa shape index (κ2) is 8.49. The molecule has 2 N–H and O–H groups in total. The Morgan fingerprint density at radius 3 is 2.25 bits per heavy atom. The first-order chi connectivity index (χ1) is 11.5. The summed E-state index contributed by atoms with van der Waals surface area (Å²) in [6.07, 6.45) is 4.81. The Morgan fingerprint density at radius 2 is 1.58 bits per heavy atom. The third-order valence-electron chi connectivity index (χ3n) is 4.57. The topological polar surface area (TPSA) is 38.4 Å². The molecular weight excluding hydrogens is 292 g/mol. The maximum Gasteiger partial charge on any atom is 0.0349 e. The van der Waals surface area contributed by atoms with Crippen molar-refractivity contribution in [3.05, 3.63) is 71.4 Å². The molecule has 24 heavy (non-hydrogen) atoms. The molecule has 0 aliphatic carbocycles. The van der Waals surface area contributed by atoms with Crippen LogP contribution in [-0.2, 0) is 0 Å². The van der Waals surface area contributed by atoms with Crippen LogP contribution in [0.4, 0.5) is 5.69 Å². The van der Waals surface area contributed by atoms with Gasteiger partial charge >= 0.3 is 0 Å². The van der Waals surface area contributed by atoms with Crippen molar-refractivity contribution < 1.29 is 0 Å². The highest BCUT2D eigenvalue weighted by molar-refractivity contribution is 5.68. The SMILES string of the molecule is C/C=N\C=C(/C)c1ccccc1C(C)CC(C)c1ccccc1N. The molecule has 0 amide bonds. The first kappa shape index (κ1) is 18.0. The fourth-order valence-electron chi connectivity index (χ4n) is 3.29. The van der Waals surface area contributed by atoms with Crippen LogP contribution in [0, 0.1) is 0 Å². The fourth-order valence-corrected chi connectivity index (χ4v) is 3.29. The number of aliphatic imine (C=N–C) groups is 1. The number of nitrogens with zero attached hydrogens (tertiary/aromatic N) is 1. The highest BCUT2D eigenvalue weighted by atomic mass is 14.7. The van der Waals surface area contributed by atoms with Crippen molar-refractivity contribution in [1.29, 1.82) is 0 Å². The normalized spacial score (nSPS) is 14.8. The zero-order valence-corrected chi connectivity index (χ0v) is 15.2. The largest absolute Gasteiger partial charge is 0.398 e. The van der Waals surface area contributed by atoms with Crippen LogP contribution in [0.2, 0.25) is 0 Å². The van der Waals surface area contributed by atoms with Crippen molar-refractivity contribution in [1.82, 2.24) is 0 Å². The molecule has 2 rings (SSSR count). The number of nitrogens with two attached hydrogens (primary N) is 1. The molecule has 2 heteroatoms. The van der Waals surface area contributed by atoms with Gasteiger partial charge in [-0.25, -0.2) is 0 Å². The molecule has 2 nitrogen and oxygen atoms in total. The van der Waals surface area contributed by atoms with Crippen LogP contribution in [-0.4, -0.2) is 6.21 Å². The van der Waals surface area contributed by atoms with Crippen LogP contribution >= 0.6 is 0 Å². The van der Waals surface area contributed by atoms with Crippen LogP contribution in [0.15, 0.2) is 59.7 Å². The number of para-hydroxylation sites is 1. The van der Waals surface area contributed by atoms with Crippen LogP contribution in [0.3, 0.4) is 0 Å². The molecule has 0 aromatic heterocycles. The van der Waals surface area contributed by atoms with E-state index in [0.717, 1.165) is 12.1 Å². The Balaban J connectivity index is 2.24. The van der Waals surface area contributed by atoms with Gasteiger partial charge in [0.25, 0.3) is 0 Å². The molecule has 0 saturated carbocycles. The smallest absolute Gasteiger partial charge is 0.0349 e. The van der Waals surface area contributed by atoms with Crippen LogP contribution in [0.25, 0.3) is 5.57 Å². The number of hydrogen-bond acceptors (Lipinski definition) is 2. The van der Waals surface area contributed by atoms with Gasteiger partial charge in [-0.15, -0.1) is 0 Å². The average molecular weight is 320 g/mol. The summed E-state index contributed by atoms with van der Waals surface area (Å²) in [5.41, 5.74) is 12.1. The van der Waals surface area contributed by atoms with Gasteiger partial charge in [-0.05, 0) is 60.4 Å². The lowest BCUT2D eigenvalue weighted by Crippen LogP contribution is -2.05. The van der Waals surface area contributed by atoms with E-state index >= 15 is 0 Å². The van der Waals surface area contributed by atoms with Crippen molar-refractivity contribution in [3.63, 3.8) is 0 Å². The summed E-state index contributed by atoms with van der Waals surface area (Å²) >= 11 is 0. The number of anilines is 1. The summed E-state index contributed by atoms with van der Waals surface area (Å²) in [6.45, 7) is 8.61. The Hall–Kier alpha value is -2.35. The minimum Gasteiger partial charge on any atom is -0.398 e. The van der Waals surface area contributed by atoms with Gasteiger partial charge in [0.2, 0.25) is 0 Å². The number of nitrogen functional groups attached to an aromatic ring is 1. The first-order valence-corrected chi connectivity index (χ1v) is 8.62. The lowest BCUT2D eigenvalue weighted by molar-refractivity contribution is 0.593. The van der Waals surface area contributed by atoms with Gasteiger partial charge in [0.05, 0.1) is 0 Å². The lowest BCUT2D eigenvalue weighted by atomic mass is 9.84. The zero-order valence-electron chi connectivity index (χ0n) is 15.2. The summed E-state index contributed by atoms with van der Waals surface area (Å²) in [5, 5.41) is 0. The van der Waals surface area contributed by atoms with E-state index in [1.165, 1.54) is 22.3 Å². The van der Waals surface area contributed by atoms with Gasteiger partial charge in [0.15, 0.2) is 0 Å². The summed E-state index contributed by atoms with van der Waals surface area (Å²) in [4.78, 5) is 4.27. The second-order valence-corrected chi connectivity index (χ2v) is 6.47. The maximum atomic E-state index is 6.14. The molecular formula is C22H28N2. The molecule has 0 heterocycles. The fraction of sp³-hybridized carbons (Fsp3) is 0.318. The molecule has 0 bridgehead atoms. The number of rotatable bonds is 6. The van der Waals surface area contributed by atoms with E-state index in [2.05, 4.69) is 62.2 Å². The van der Waals surface area contributed by atoms with E-state index in [4.69, 9.17) is 5.73 Å². The maximum absolute atomic E-state index is 6.14. The molecule has 0 fully saturated rings. The number of benzene rings is 2. The van der Waals surface area contributed by atoms with E-state index in [9.17, 15) is 0 Å². The molecule has 2 aromatic rings. The summed E-state index contributed by atoms with van der Waals surface area (Å²) < 4.78 is 0.